The number of rotatable bonds is 5. The van der Waals surface area contributed by atoms with E-state index in [-0.39, 0.29) is 18.2 Å². The van der Waals surface area contributed by atoms with Crippen LogP contribution in [0, 0.1) is 6.92 Å². The van der Waals surface area contributed by atoms with Crippen LogP contribution in [0.4, 0.5) is 5.69 Å². The largest absolute Gasteiger partial charge is 0.394 e. The summed E-state index contributed by atoms with van der Waals surface area (Å²) in [5.41, 5.74) is 1.54. The van der Waals surface area contributed by atoms with Gasteiger partial charge in [0.15, 0.2) is 0 Å². The Hall–Kier alpha value is -1.99. The minimum atomic E-state index is -0.444. The quantitative estimate of drug-likeness (QED) is 0.839. The van der Waals surface area contributed by atoms with Crippen LogP contribution in [0.15, 0.2) is 23.4 Å². The van der Waals surface area contributed by atoms with E-state index in [2.05, 4.69) is 20.4 Å². The van der Waals surface area contributed by atoms with E-state index in [4.69, 9.17) is 16.7 Å². The van der Waals surface area contributed by atoms with E-state index in [0.717, 1.165) is 16.1 Å². The lowest BCUT2D eigenvalue weighted by Crippen LogP contribution is -2.25. The Morgan fingerprint density at radius 2 is 2.15 bits per heavy atom. The van der Waals surface area contributed by atoms with E-state index >= 15 is 0 Å². The van der Waals surface area contributed by atoms with Gasteiger partial charge < -0.3 is 10.4 Å². The Kier molecular flexibility index (Phi) is 4.65. The fraction of sp³-hybridized carbons (Fsp3) is 0.333. The molecule has 0 spiro atoms. The van der Waals surface area contributed by atoms with Gasteiger partial charge in [-0.3, -0.25) is 14.8 Å². The number of aliphatic hydroxyl groups is 1. The summed E-state index contributed by atoms with van der Waals surface area (Å²) in [6, 6.07) is 0. The van der Waals surface area contributed by atoms with Crippen LogP contribution in [0.3, 0.4) is 0 Å². The molecule has 2 N–H and O–H groups in total. The molecule has 8 heteroatoms. The second-order valence-electron chi connectivity index (χ2n) is 4.13. The van der Waals surface area contributed by atoms with Crippen LogP contribution < -0.4 is 10.9 Å². The van der Waals surface area contributed by atoms with Crippen LogP contribution >= 0.6 is 11.6 Å². The zero-order valence-electron chi connectivity index (χ0n) is 10.9. The van der Waals surface area contributed by atoms with Gasteiger partial charge in [0.1, 0.15) is 5.02 Å². The molecule has 0 bridgehead atoms. The smallest absolute Gasteiger partial charge is 0.287 e. The normalized spacial score (nSPS) is 10.6. The molecule has 0 fully saturated rings. The molecule has 0 aliphatic rings. The third-order valence-electron chi connectivity index (χ3n) is 2.59. The number of anilines is 1. The highest BCUT2D eigenvalue weighted by atomic mass is 35.5. The van der Waals surface area contributed by atoms with Crippen molar-refractivity contribution >= 4 is 17.3 Å². The number of hydrogen-bond acceptors (Lipinski definition) is 6. The van der Waals surface area contributed by atoms with E-state index in [1.807, 2.05) is 6.92 Å². The molecule has 2 aromatic heterocycles. The summed E-state index contributed by atoms with van der Waals surface area (Å²) >= 11 is 5.97. The van der Waals surface area contributed by atoms with E-state index in [1.54, 1.807) is 12.4 Å². The number of aromatic nitrogens is 4. The van der Waals surface area contributed by atoms with Gasteiger partial charge in [0.25, 0.3) is 5.56 Å². The molecule has 0 aromatic carbocycles. The number of nitrogens with zero attached hydrogens (tertiary/aromatic N) is 4. The molecule has 0 atom stereocenters. The predicted molar refractivity (Wildman–Crippen MR) is 74.7 cm³/mol. The lowest BCUT2D eigenvalue weighted by Gasteiger charge is -2.09. The van der Waals surface area contributed by atoms with E-state index in [9.17, 15) is 4.79 Å². The fourth-order valence-electron chi connectivity index (χ4n) is 1.54. The molecule has 0 aliphatic carbocycles. The summed E-state index contributed by atoms with van der Waals surface area (Å²) < 4.78 is 1.11. The number of aryl methyl sites for hydroxylation is 1. The van der Waals surface area contributed by atoms with Crippen molar-refractivity contribution in [3.63, 3.8) is 0 Å². The summed E-state index contributed by atoms with van der Waals surface area (Å²) in [4.78, 5) is 20.1. The molecule has 2 aromatic rings. The SMILES string of the molecule is Cc1cnc(CNc2cnn(CCO)c(=O)c2Cl)cn1. The van der Waals surface area contributed by atoms with Crippen molar-refractivity contribution in [1.82, 2.24) is 19.7 Å². The standard InChI is InChI=1S/C12H14ClN5O2/c1-8-4-15-9(5-14-8)6-16-10-7-17-18(2-3-19)12(20)11(10)13/h4-5,7,16,19H,2-3,6H2,1H3. The van der Waals surface area contributed by atoms with Crippen LogP contribution in [-0.4, -0.2) is 31.5 Å². The monoisotopic (exact) mass is 295 g/mol. The Balaban J connectivity index is 2.12. The molecular formula is C12H14ClN5O2. The zero-order valence-corrected chi connectivity index (χ0v) is 11.6. The van der Waals surface area contributed by atoms with Crippen molar-refractivity contribution in [3.8, 4) is 0 Å². The summed E-state index contributed by atoms with van der Waals surface area (Å²) in [7, 11) is 0. The Morgan fingerprint density at radius 1 is 1.35 bits per heavy atom. The van der Waals surface area contributed by atoms with Crippen molar-refractivity contribution in [2.24, 2.45) is 0 Å². The number of nitrogens with one attached hydrogen (secondary N) is 1. The highest BCUT2D eigenvalue weighted by Gasteiger charge is 2.09. The van der Waals surface area contributed by atoms with Crippen molar-refractivity contribution < 1.29 is 5.11 Å². The Morgan fingerprint density at radius 3 is 2.80 bits per heavy atom. The highest BCUT2D eigenvalue weighted by molar-refractivity contribution is 6.32. The number of halogens is 1. The molecule has 0 aliphatic heterocycles. The summed E-state index contributed by atoms with van der Waals surface area (Å²) in [6.07, 6.45) is 4.76. The molecule has 106 valence electrons. The van der Waals surface area contributed by atoms with E-state index in [1.165, 1.54) is 6.20 Å². The van der Waals surface area contributed by atoms with Gasteiger partial charge in [-0.1, -0.05) is 11.6 Å². The van der Waals surface area contributed by atoms with Crippen molar-refractivity contribution in [3.05, 3.63) is 45.4 Å². The third kappa shape index (κ3) is 3.31. The summed E-state index contributed by atoms with van der Waals surface area (Å²) in [6.45, 7) is 2.18. The van der Waals surface area contributed by atoms with Crippen LogP contribution in [0.25, 0.3) is 0 Å². The van der Waals surface area contributed by atoms with Crippen LogP contribution in [0.5, 0.6) is 0 Å². The highest BCUT2D eigenvalue weighted by Crippen LogP contribution is 2.15. The molecule has 0 saturated heterocycles. The van der Waals surface area contributed by atoms with Gasteiger partial charge in [-0.05, 0) is 6.92 Å². The predicted octanol–water partition coefficient (Wildman–Crippen LogP) is 0.600. The summed E-state index contributed by atoms with van der Waals surface area (Å²) in [5.74, 6) is 0. The third-order valence-corrected chi connectivity index (χ3v) is 2.96. The molecule has 20 heavy (non-hydrogen) atoms. The van der Waals surface area contributed by atoms with E-state index < -0.39 is 5.56 Å². The number of hydrogen-bond donors (Lipinski definition) is 2. The van der Waals surface area contributed by atoms with Crippen molar-refractivity contribution in [1.29, 1.82) is 0 Å². The number of aliphatic hydroxyl groups excluding tert-OH is 1. The van der Waals surface area contributed by atoms with Gasteiger partial charge >= 0.3 is 0 Å². The van der Waals surface area contributed by atoms with Crippen LogP contribution in [-0.2, 0) is 13.1 Å². The van der Waals surface area contributed by atoms with Gasteiger partial charge in [0.05, 0.1) is 49.2 Å². The molecule has 7 nitrogen and oxygen atoms in total. The van der Waals surface area contributed by atoms with Gasteiger partial charge in [-0.2, -0.15) is 5.10 Å². The average Bonchev–Trinajstić information content (AvgIpc) is 2.45. The molecule has 0 unspecified atom stereocenters. The summed E-state index contributed by atoms with van der Waals surface area (Å²) in [5, 5.41) is 15.7. The van der Waals surface area contributed by atoms with Gasteiger partial charge in [-0.15, -0.1) is 0 Å². The minimum Gasteiger partial charge on any atom is -0.394 e. The van der Waals surface area contributed by atoms with Crippen LogP contribution in [0.2, 0.25) is 5.02 Å². The lowest BCUT2D eigenvalue weighted by atomic mass is 10.4. The lowest BCUT2D eigenvalue weighted by molar-refractivity contribution is 0.266. The molecule has 2 heterocycles. The molecular weight excluding hydrogens is 282 g/mol. The van der Waals surface area contributed by atoms with Gasteiger partial charge in [0.2, 0.25) is 0 Å². The van der Waals surface area contributed by atoms with E-state index in [0.29, 0.717) is 12.2 Å². The average molecular weight is 296 g/mol. The second-order valence-corrected chi connectivity index (χ2v) is 4.50. The maximum absolute atomic E-state index is 11.8. The maximum Gasteiger partial charge on any atom is 0.287 e. The Bertz CT molecular complexity index is 641. The fourth-order valence-corrected chi connectivity index (χ4v) is 1.75. The van der Waals surface area contributed by atoms with Crippen molar-refractivity contribution in [2.45, 2.75) is 20.0 Å². The molecule has 0 amide bonds. The van der Waals surface area contributed by atoms with Gasteiger partial charge in [0, 0.05) is 6.20 Å². The molecule has 2 rings (SSSR count). The zero-order chi connectivity index (χ0) is 14.5. The maximum atomic E-state index is 11.8. The van der Waals surface area contributed by atoms with Gasteiger partial charge in [-0.25, -0.2) is 4.68 Å². The van der Waals surface area contributed by atoms with Crippen molar-refractivity contribution in [2.75, 3.05) is 11.9 Å². The first kappa shape index (κ1) is 14.4. The first-order valence-electron chi connectivity index (χ1n) is 5.99. The minimum absolute atomic E-state index is 0.0357. The Labute approximate surface area is 120 Å². The molecule has 0 saturated carbocycles. The molecule has 0 radical (unpaired) electrons. The first-order chi connectivity index (χ1) is 9.61. The first-order valence-corrected chi connectivity index (χ1v) is 6.37. The van der Waals surface area contributed by atoms with Crippen LogP contribution in [0.1, 0.15) is 11.4 Å². The second kappa shape index (κ2) is 6.44. The topological polar surface area (TPSA) is 92.9 Å².